The van der Waals surface area contributed by atoms with Crippen LogP contribution in [0.2, 0.25) is 0 Å². The van der Waals surface area contributed by atoms with Crippen molar-refractivity contribution in [2.24, 2.45) is 0 Å². The highest BCUT2D eigenvalue weighted by Gasteiger charge is 2.27. The van der Waals surface area contributed by atoms with Gasteiger partial charge in [0.2, 0.25) is 5.88 Å². The molecule has 0 spiro atoms. The fourth-order valence-corrected chi connectivity index (χ4v) is 3.22. The number of benzene rings is 1. The molecule has 0 saturated carbocycles. The Hall–Kier alpha value is -1.81. The smallest absolute Gasteiger partial charge is 0.231 e. The molecule has 104 valence electrons. The predicted molar refractivity (Wildman–Crippen MR) is 79.1 cm³/mol. The van der Waals surface area contributed by atoms with Crippen LogP contribution < -0.4 is 4.90 Å². The van der Waals surface area contributed by atoms with Gasteiger partial charge in [0.15, 0.2) is 0 Å². The van der Waals surface area contributed by atoms with E-state index in [1.165, 1.54) is 16.7 Å². The van der Waals surface area contributed by atoms with E-state index in [9.17, 15) is 0 Å². The molecule has 0 N–H and O–H groups in total. The molecular formula is C16H19N3O. The minimum Gasteiger partial charge on any atom is -0.338 e. The molecule has 20 heavy (non-hydrogen) atoms. The molecule has 0 bridgehead atoms. The molecule has 1 aliphatic carbocycles. The molecule has 0 atom stereocenters. The average Bonchev–Trinajstić information content (AvgIpc) is 2.92. The van der Waals surface area contributed by atoms with Gasteiger partial charge in [-0.25, -0.2) is 0 Å². The van der Waals surface area contributed by atoms with Crippen molar-refractivity contribution in [3.8, 4) is 11.3 Å². The van der Waals surface area contributed by atoms with Crippen molar-refractivity contribution in [2.75, 3.05) is 38.1 Å². The molecule has 1 aromatic heterocycles. The zero-order valence-corrected chi connectivity index (χ0v) is 11.8. The SMILES string of the molecule is CN1CCN(c2onc3c2CCc2ccccc2-3)CC1. The van der Waals surface area contributed by atoms with Gasteiger partial charge >= 0.3 is 0 Å². The standard InChI is InChI=1S/C16H19N3O/c1-18-8-10-19(11-9-18)16-14-7-6-12-4-2-3-5-13(12)15(14)17-20-16/h2-5H,6-11H2,1H3. The molecule has 2 aromatic rings. The van der Waals surface area contributed by atoms with E-state index in [1.807, 2.05) is 0 Å². The Kier molecular flexibility index (Phi) is 2.77. The first-order valence-corrected chi connectivity index (χ1v) is 7.33. The van der Waals surface area contributed by atoms with Gasteiger partial charge in [0, 0.05) is 37.3 Å². The number of piperazine rings is 1. The van der Waals surface area contributed by atoms with E-state index < -0.39 is 0 Å². The summed E-state index contributed by atoms with van der Waals surface area (Å²) in [6.07, 6.45) is 2.13. The van der Waals surface area contributed by atoms with Crippen LogP contribution in [-0.2, 0) is 12.8 Å². The maximum Gasteiger partial charge on any atom is 0.231 e. The van der Waals surface area contributed by atoms with Crippen molar-refractivity contribution in [3.05, 3.63) is 35.4 Å². The van der Waals surface area contributed by atoms with Gasteiger partial charge in [0.05, 0.1) is 0 Å². The third kappa shape index (κ3) is 1.83. The molecule has 4 heteroatoms. The molecule has 1 aromatic carbocycles. The molecule has 4 nitrogen and oxygen atoms in total. The number of rotatable bonds is 1. The Morgan fingerprint density at radius 1 is 1.05 bits per heavy atom. The molecule has 1 fully saturated rings. The summed E-state index contributed by atoms with van der Waals surface area (Å²) in [5.74, 6) is 1.00. The van der Waals surface area contributed by atoms with E-state index in [2.05, 4.69) is 46.3 Å². The number of nitrogens with zero attached hydrogens (tertiary/aromatic N) is 3. The maximum absolute atomic E-state index is 5.71. The van der Waals surface area contributed by atoms with E-state index in [0.717, 1.165) is 50.6 Å². The Balaban J connectivity index is 1.71. The summed E-state index contributed by atoms with van der Waals surface area (Å²) in [6.45, 7) is 4.23. The van der Waals surface area contributed by atoms with Gasteiger partial charge < -0.3 is 14.3 Å². The lowest BCUT2D eigenvalue weighted by Crippen LogP contribution is -2.44. The lowest BCUT2D eigenvalue weighted by molar-refractivity contribution is 0.300. The fraction of sp³-hybridized carbons (Fsp3) is 0.438. The van der Waals surface area contributed by atoms with Gasteiger partial charge in [-0.3, -0.25) is 0 Å². The van der Waals surface area contributed by atoms with Crippen LogP contribution in [0.1, 0.15) is 11.1 Å². The topological polar surface area (TPSA) is 32.5 Å². The van der Waals surface area contributed by atoms with E-state index in [4.69, 9.17) is 4.52 Å². The van der Waals surface area contributed by atoms with Gasteiger partial charge in [-0.1, -0.05) is 29.4 Å². The van der Waals surface area contributed by atoms with Crippen LogP contribution in [0.4, 0.5) is 5.88 Å². The molecule has 4 rings (SSSR count). The number of likely N-dealkylation sites (N-methyl/N-ethyl adjacent to an activating group) is 1. The first-order valence-electron chi connectivity index (χ1n) is 7.33. The second-order valence-corrected chi connectivity index (χ2v) is 5.76. The van der Waals surface area contributed by atoms with Gasteiger partial charge in [-0.05, 0) is 25.5 Å². The minimum atomic E-state index is 1.00. The van der Waals surface area contributed by atoms with Crippen molar-refractivity contribution >= 4 is 5.88 Å². The summed E-state index contributed by atoms with van der Waals surface area (Å²) < 4.78 is 5.71. The first kappa shape index (κ1) is 12.0. The van der Waals surface area contributed by atoms with E-state index >= 15 is 0 Å². The Morgan fingerprint density at radius 3 is 2.70 bits per heavy atom. The molecule has 0 radical (unpaired) electrons. The van der Waals surface area contributed by atoms with Crippen molar-refractivity contribution in [2.45, 2.75) is 12.8 Å². The molecule has 1 saturated heterocycles. The summed E-state index contributed by atoms with van der Waals surface area (Å²) in [6, 6.07) is 8.54. The van der Waals surface area contributed by atoms with Crippen LogP contribution in [0.3, 0.4) is 0 Å². The second kappa shape index (κ2) is 4.63. The van der Waals surface area contributed by atoms with Crippen molar-refractivity contribution in [3.63, 3.8) is 0 Å². The summed E-state index contributed by atoms with van der Waals surface area (Å²) >= 11 is 0. The molecule has 0 amide bonds. The third-order valence-corrected chi connectivity index (χ3v) is 4.47. The maximum atomic E-state index is 5.71. The van der Waals surface area contributed by atoms with Crippen LogP contribution >= 0.6 is 0 Å². The van der Waals surface area contributed by atoms with E-state index in [0.29, 0.717) is 0 Å². The third-order valence-electron chi connectivity index (χ3n) is 4.47. The molecule has 1 aliphatic heterocycles. The van der Waals surface area contributed by atoms with Crippen LogP contribution in [-0.4, -0.2) is 43.3 Å². The largest absolute Gasteiger partial charge is 0.338 e. The normalized spacial score (nSPS) is 18.8. The highest BCUT2D eigenvalue weighted by atomic mass is 16.5. The summed E-state index contributed by atoms with van der Waals surface area (Å²) in [4.78, 5) is 4.70. The predicted octanol–water partition coefficient (Wildman–Crippen LogP) is 2.19. The summed E-state index contributed by atoms with van der Waals surface area (Å²) in [7, 11) is 2.17. The van der Waals surface area contributed by atoms with E-state index in [-0.39, 0.29) is 0 Å². The lowest BCUT2D eigenvalue weighted by atomic mass is 9.90. The monoisotopic (exact) mass is 269 g/mol. The molecular weight excluding hydrogens is 250 g/mol. The number of hydrogen-bond donors (Lipinski definition) is 0. The number of aromatic nitrogens is 1. The quantitative estimate of drug-likeness (QED) is 0.794. The Bertz CT molecular complexity index is 626. The van der Waals surface area contributed by atoms with E-state index in [1.54, 1.807) is 0 Å². The fourth-order valence-electron chi connectivity index (χ4n) is 3.22. The molecule has 0 unspecified atom stereocenters. The summed E-state index contributed by atoms with van der Waals surface area (Å²) in [5, 5.41) is 4.36. The Morgan fingerprint density at radius 2 is 1.85 bits per heavy atom. The number of fused-ring (bicyclic) bond motifs is 3. The average molecular weight is 269 g/mol. The zero-order chi connectivity index (χ0) is 13.5. The van der Waals surface area contributed by atoms with Crippen LogP contribution in [0.15, 0.2) is 28.8 Å². The van der Waals surface area contributed by atoms with Crippen molar-refractivity contribution in [1.82, 2.24) is 10.1 Å². The van der Waals surface area contributed by atoms with Gasteiger partial charge in [0.1, 0.15) is 5.69 Å². The summed E-state index contributed by atoms with van der Waals surface area (Å²) in [5.41, 5.74) is 4.99. The molecule has 2 aliphatic rings. The van der Waals surface area contributed by atoms with Gasteiger partial charge in [0.25, 0.3) is 0 Å². The van der Waals surface area contributed by atoms with Crippen LogP contribution in [0.25, 0.3) is 11.3 Å². The van der Waals surface area contributed by atoms with Crippen LogP contribution in [0.5, 0.6) is 0 Å². The Labute approximate surface area is 119 Å². The second-order valence-electron chi connectivity index (χ2n) is 5.76. The van der Waals surface area contributed by atoms with Gasteiger partial charge in [-0.15, -0.1) is 0 Å². The van der Waals surface area contributed by atoms with Crippen molar-refractivity contribution < 1.29 is 4.52 Å². The number of hydrogen-bond acceptors (Lipinski definition) is 4. The zero-order valence-electron chi connectivity index (χ0n) is 11.8. The number of anilines is 1. The molecule has 2 heterocycles. The highest BCUT2D eigenvalue weighted by molar-refractivity contribution is 5.73. The minimum absolute atomic E-state index is 1.00. The number of aryl methyl sites for hydroxylation is 1. The van der Waals surface area contributed by atoms with Crippen molar-refractivity contribution in [1.29, 1.82) is 0 Å². The van der Waals surface area contributed by atoms with Gasteiger partial charge in [-0.2, -0.15) is 0 Å². The van der Waals surface area contributed by atoms with Crippen LogP contribution in [0, 0.1) is 0 Å². The first-order chi connectivity index (χ1) is 9.83. The lowest BCUT2D eigenvalue weighted by Gasteiger charge is -2.32. The highest BCUT2D eigenvalue weighted by Crippen LogP contribution is 2.38.